The van der Waals surface area contributed by atoms with Gasteiger partial charge in [0.05, 0.1) is 20.3 Å². The van der Waals surface area contributed by atoms with E-state index in [1.165, 1.54) is 0 Å². The van der Waals surface area contributed by atoms with E-state index < -0.39 is 0 Å². The Hall–Kier alpha value is -3.27. The van der Waals surface area contributed by atoms with Gasteiger partial charge < -0.3 is 14.4 Å². The van der Waals surface area contributed by atoms with Gasteiger partial charge in [0.25, 0.3) is 0 Å². The number of nitrogens with zero attached hydrogens (tertiary/aromatic N) is 1. The van der Waals surface area contributed by atoms with Crippen molar-refractivity contribution in [2.24, 2.45) is 0 Å². The van der Waals surface area contributed by atoms with Crippen LogP contribution in [0.3, 0.4) is 0 Å². The Kier molecular flexibility index (Phi) is 5.77. The lowest BCUT2D eigenvalue weighted by Crippen LogP contribution is -2.33. The molecule has 0 aliphatic rings. The molecule has 0 heterocycles. The molecule has 3 aromatic rings. The van der Waals surface area contributed by atoms with Gasteiger partial charge in [0.2, 0.25) is 5.91 Å². The van der Waals surface area contributed by atoms with Gasteiger partial charge in [-0.2, -0.15) is 0 Å². The van der Waals surface area contributed by atoms with Crippen molar-refractivity contribution in [3.05, 3.63) is 90.0 Å². The Morgan fingerprint density at radius 3 is 1.56 bits per heavy atom. The molecular formula is C23H23NO3. The maximum atomic E-state index is 12.7. The first-order chi connectivity index (χ1) is 13.1. The summed E-state index contributed by atoms with van der Waals surface area (Å²) in [6.07, 6.45) is 0. The molecule has 1 amide bonds. The van der Waals surface area contributed by atoms with E-state index in [1.54, 1.807) is 21.1 Å². The average molecular weight is 361 g/mol. The number of hydrogen-bond acceptors (Lipinski definition) is 3. The highest BCUT2D eigenvalue weighted by atomic mass is 16.5. The largest absolute Gasteiger partial charge is 0.497 e. The van der Waals surface area contributed by atoms with E-state index >= 15 is 0 Å². The number of carbonyl (C=O) groups is 1. The summed E-state index contributed by atoms with van der Waals surface area (Å²) < 4.78 is 10.6. The summed E-state index contributed by atoms with van der Waals surface area (Å²) in [6.45, 7) is 1.59. The zero-order chi connectivity index (χ0) is 19.2. The zero-order valence-corrected chi connectivity index (χ0v) is 15.8. The number of methoxy groups -OCH3 is 2. The zero-order valence-electron chi connectivity index (χ0n) is 15.8. The summed E-state index contributed by atoms with van der Waals surface area (Å²) in [5.74, 6) is 1.53. The molecule has 27 heavy (non-hydrogen) atoms. The van der Waals surface area contributed by atoms with Gasteiger partial charge in [0.1, 0.15) is 11.5 Å². The van der Waals surface area contributed by atoms with Gasteiger partial charge in [0.15, 0.2) is 0 Å². The smallest absolute Gasteiger partial charge is 0.224 e. The van der Waals surface area contributed by atoms with Crippen LogP contribution in [0.1, 0.15) is 24.1 Å². The number of amides is 1. The molecule has 3 rings (SSSR count). The number of anilines is 1. The van der Waals surface area contributed by atoms with E-state index in [9.17, 15) is 4.79 Å². The van der Waals surface area contributed by atoms with Gasteiger partial charge in [-0.1, -0.05) is 42.5 Å². The molecule has 4 nitrogen and oxygen atoms in total. The van der Waals surface area contributed by atoms with Crippen LogP contribution in [0, 0.1) is 0 Å². The molecule has 0 unspecified atom stereocenters. The second-order valence-electron chi connectivity index (χ2n) is 6.17. The summed E-state index contributed by atoms with van der Waals surface area (Å²) in [4.78, 5) is 14.5. The first-order valence-electron chi connectivity index (χ1n) is 8.77. The van der Waals surface area contributed by atoms with E-state index in [0.717, 1.165) is 28.3 Å². The van der Waals surface area contributed by atoms with Crippen molar-refractivity contribution in [2.75, 3.05) is 19.1 Å². The van der Waals surface area contributed by atoms with Gasteiger partial charge in [-0.05, 0) is 47.5 Å². The molecule has 0 saturated carbocycles. The fourth-order valence-corrected chi connectivity index (χ4v) is 3.16. The quantitative estimate of drug-likeness (QED) is 0.630. The van der Waals surface area contributed by atoms with Crippen LogP contribution in [-0.4, -0.2) is 20.1 Å². The van der Waals surface area contributed by atoms with Gasteiger partial charge >= 0.3 is 0 Å². The summed E-state index contributed by atoms with van der Waals surface area (Å²) in [5, 5.41) is 0. The van der Waals surface area contributed by atoms with Crippen molar-refractivity contribution in [2.45, 2.75) is 13.0 Å². The van der Waals surface area contributed by atoms with E-state index in [2.05, 4.69) is 0 Å². The molecule has 4 heteroatoms. The highest BCUT2D eigenvalue weighted by Crippen LogP contribution is 2.34. The third-order valence-corrected chi connectivity index (χ3v) is 4.49. The fraction of sp³-hybridized carbons (Fsp3) is 0.174. The summed E-state index contributed by atoms with van der Waals surface area (Å²) in [7, 11) is 3.28. The summed E-state index contributed by atoms with van der Waals surface area (Å²) in [5.41, 5.74) is 2.85. The highest BCUT2D eigenvalue weighted by Gasteiger charge is 2.26. The third kappa shape index (κ3) is 4.11. The molecule has 0 aliphatic carbocycles. The summed E-state index contributed by atoms with van der Waals surface area (Å²) >= 11 is 0. The number of hydrogen-bond donors (Lipinski definition) is 0. The van der Waals surface area contributed by atoms with Gasteiger partial charge in [0, 0.05) is 12.6 Å². The lowest BCUT2D eigenvalue weighted by atomic mass is 9.96. The second kappa shape index (κ2) is 8.41. The SMILES string of the molecule is COc1ccc(C(c2ccc(OC)cc2)N(C(C)=O)c2ccccc2)cc1. The van der Waals surface area contributed by atoms with Crippen molar-refractivity contribution in [1.82, 2.24) is 0 Å². The van der Waals surface area contributed by atoms with E-state index in [4.69, 9.17) is 9.47 Å². The molecule has 0 radical (unpaired) electrons. The van der Waals surface area contributed by atoms with E-state index in [0.29, 0.717) is 0 Å². The number of rotatable bonds is 6. The molecule has 0 saturated heterocycles. The maximum absolute atomic E-state index is 12.7. The minimum atomic E-state index is -0.262. The molecule has 3 aromatic carbocycles. The van der Waals surface area contributed by atoms with Crippen molar-refractivity contribution in [1.29, 1.82) is 0 Å². The molecule has 0 aliphatic heterocycles. The first kappa shape index (κ1) is 18.5. The molecule has 0 spiro atoms. The third-order valence-electron chi connectivity index (χ3n) is 4.49. The van der Waals surface area contributed by atoms with Gasteiger partial charge in [-0.3, -0.25) is 4.79 Å². The van der Waals surface area contributed by atoms with Gasteiger partial charge in [-0.25, -0.2) is 0 Å². The van der Waals surface area contributed by atoms with Crippen molar-refractivity contribution >= 4 is 11.6 Å². The van der Waals surface area contributed by atoms with Crippen LogP contribution in [0.25, 0.3) is 0 Å². The summed E-state index contributed by atoms with van der Waals surface area (Å²) in [6, 6.07) is 25.1. The predicted molar refractivity (Wildman–Crippen MR) is 107 cm³/mol. The average Bonchev–Trinajstić information content (AvgIpc) is 2.72. The Balaban J connectivity index is 2.13. The van der Waals surface area contributed by atoms with Crippen molar-refractivity contribution < 1.29 is 14.3 Å². The molecular weight excluding hydrogens is 338 g/mol. The topological polar surface area (TPSA) is 38.8 Å². The maximum Gasteiger partial charge on any atom is 0.224 e. The van der Waals surface area contributed by atoms with Crippen LogP contribution in [0.15, 0.2) is 78.9 Å². The minimum absolute atomic E-state index is 0.0298. The number of para-hydroxylation sites is 1. The highest BCUT2D eigenvalue weighted by molar-refractivity contribution is 5.93. The Morgan fingerprint density at radius 2 is 1.19 bits per heavy atom. The van der Waals surface area contributed by atoms with Crippen LogP contribution >= 0.6 is 0 Å². The lowest BCUT2D eigenvalue weighted by Gasteiger charge is -2.32. The number of benzene rings is 3. The Bertz CT molecular complexity index is 826. The van der Waals surface area contributed by atoms with Crippen molar-refractivity contribution in [3.63, 3.8) is 0 Å². The standard InChI is InChI=1S/C23H23NO3/c1-17(25)24(20-7-5-4-6-8-20)23(18-9-13-21(26-2)14-10-18)19-11-15-22(27-3)16-12-19/h4-16,23H,1-3H3. The minimum Gasteiger partial charge on any atom is -0.497 e. The van der Waals surface area contributed by atoms with Crippen LogP contribution in [0.4, 0.5) is 5.69 Å². The van der Waals surface area contributed by atoms with Crippen LogP contribution < -0.4 is 14.4 Å². The second-order valence-corrected chi connectivity index (χ2v) is 6.17. The van der Waals surface area contributed by atoms with Crippen LogP contribution in [0.2, 0.25) is 0 Å². The number of carbonyl (C=O) groups excluding carboxylic acids is 1. The fourth-order valence-electron chi connectivity index (χ4n) is 3.16. The van der Waals surface area contributed by atoms with E-state index in [1.807, 2.05) is 83.8 Å². The normalized spacial score (nSPS) is 10.5. The Labute approximate surface area is 160 Å². The van der Waals surface area contributed by atoms with Crippen molar-refractivity contribution in [3.8, 4) is 11.5 Å². The molecule has 0 fully saturated rings. The molecule has 0 bridgehead atoms. The number of ether oxygens (including phenoxy) is 2. The molecule has 0 atom stereocenters. The van der Waals surface area contributed by atoms with Crippen LogP contribution in [0.5, 0.6) is 11.5 Å². The molecule has 0 aromatic heterocycles. The lowest BCUT2D eigenvalue weighted by molar-refractivity contribution is -0.116. The molecule has 138 valence electrons. The van der Waals surface area contributed by atoms with Gasteiger partial charge in [-0.15, -0.1) is 0 Å². The monoisotopic (exact) mass is 361 g/mol. The Morgan fingerprint density at radius 1 is 0.741 bits per heavy atom. The van der Waals surface area contributed by atoms with E-state index in [-0.39, 0.29) is 11.9 Å². The van der Waals surface area contributed by atoms with Crippen LogP contribution in [-0.2, 0) is 4.79 Å². The predicted octanol–water partition coefficient (Wildman–Crippen LogP) is 4.85. The first-order valence-corrected chi connectivity index (χ1v) is 8.77. The molecule has 0 N–H and O–H groups in total.